The molecule has 2 rings (SSSR count). The Labute approximate surface area is 118 Å². The van der Waals surface area contributed by atoms with Crippen LogP contribution < -0.4 is 10.6 Å². The Kier molecular flexibility index (Phi) is 4.94. The van der Waals surface area contributed by atoms with Crippen molar-refractivity contribution in [1.82, 2.24) is 4.98 Å². The quantitative estimate of drug-likeness (QED) is 0.877. The lowest BCUT2D eigenvalue weighted by molar-refractivity contribution is 0.187. The molecule has 0 atom stereocenters. The number of carbonyl (C=O) groups is 1. The van der Waals surface area contributed by atoms with Crippen molar-refractivity contribution in [3.63, 3.8) is 0 Å². The van der Waals surface area contributed by atoms with Gasteiger partial charge in [-0.3, -0.25) is 5.32 Å². The molecule has 1 aromatic heterocycles. The van der Waals surface area contributed by atoms with Crippen molar-refractivity contribution >= 4 is 17.6 Å². The van der Waals surface area contributed by atoms with Crippen LogP contribution in [0.4, 0.5) is 16.3 Å². The lowest BCUT2D eigenvalue weighted by Gasteiger charge is -2.07. The van der Waals surface area contributed by atoms with E-state index in [9.17, 15) is 4.79 Å². The third-order valence-corrected chi connectivity index (χ3v) is 2.76. The van der Waals surface area contributed by atoms with E-state index in [-0.39, 0.29) is 0 Å². The SMILES string of the molecule is COC(=O)Nc1ccc(NCCc2ccccc2)cn1. The molecule has 1 aromatic carbocycles. The fourth-order valence-corrected chi connectivity index (χ4v) is 1.72. The summed E-state index contributed by atoms with van der Waals surface area (Å²) in [5.74, 6) is 0.463. The molecular weight excluding hydrogens is 254 g/mol. The molecule has 0 aliphatic heterocycles. The summed E-state index contributed by atoms with van der Waals surface area (Å²) < 4.78 is 4.49. The number of carbonyl (C=O) groups excluding carboxylic acids is 1. The average molecular weight is 271 g/mol. The number of rotatable bonds is 5. The Balaban J connectivity index is 1.80. The number of nitrogens with zero attached hydrogens (tertiary/aromatic N) is 1. The highest BCUT2D eigenvalue weighted by atomic mass is 16.5. The Morgan fingerprint density at radius 3 is 2.65 bits per heavy atom. The van der Waals surface area contributed by atoms with E-state index in [1.165, 1.54) is 12.7 Å². The van der Waals surface area contributed by atoms with Crippen molar-refractivity contribution in [2.45, 2.75) is 6.42 Å². The molecule has 2 aromatic rings. The van der Waals surface area contributed by atoms with E-state index in [1.54, 1.807) is 12.3 Å². The van der Waals surface area contributed by atoms with Crippen LogP contribution in [0.2, 0.25) is 0 Å². The molecule has 0 bridgehead atoms. The molecular formula is C15H17N3O2. The molecule has 104 valence electrons. The van der Waals surface area contributed by atoms with Crippen molar-refractivity contribution in [3.05, 3.63) is 54.2 Å². The Hall–Kier alpha value is -2.56. The fourth-order valence-electron chi connectivity index (χ4n) is 1.72. The molecule has 0 unspecified atom stereocenters. The van der Waals surface area contributed by atoms with Crippen LogP contribution in [0, 0.1) is 0 Å². The number of aromatic nitrogens is 1. The smallest absolute Gasteiger partial charge is 0.412 e. The standard InChI is InChI=1S/C15H17N3O2/c1-20-15(19)18-14-8-7-13(11-17-14)16-10-9-12-5-3-2-4-6-12/h2-8,11,16H,9-10H2,1H3,(H,17,18,19). The predicted octanol–water partition coefficient (Wildman–Crippen LogP) is 2.91. The highest BCUT2D eigenvalue weighted by molar-refractivity contribution is 5.83. The summed E-state index contributed by atoms with van der Waals surface area (Å²) in [6.07, 6.45) is 2.10. The van der Waals surface area contributed by atoms with Gasteiger partial charge in [-0.05, 0) is 24.1 Å². The minimum absolute atomic E-state index is 0.463. The van der Waals surface area contributed by atoms with Crippen LogP contribution in [-0.2, 0) is 11.2 Å². The molecule has 5 heteroatoms. The maximum Gasteiger partial charge on any atom is 0.412 e. The van der Waals surface area contributed by atoms with Gasteiger partial charge in [-0.2, -0.15) is 0 Å². The second-order valence-corrected chi connectivity index (χ2v) is 4.21. The largest absolute Gasteiger partial charge is 0.453 e. The molecule has 1 heterocycles. The predicted molar refractivity (Wildman–Crippen MR) is 78.9 cm³/mol. The molecule has 0 saturated heterocycles. The van der Waals surface area contributed by atoms with E-state index in [2.05, 4.69) is 32.5 Å². The van der Waals surface area contributed by atoms with Crippen molar-refractivity contribution < 1.29 is 9.53 Å². The fraction of sp³-hybridized carbons (Fsp3) is 0.200. The van der Waals surface area contributed by atoms with Crippen molar-refractivity contribution in [1.29, 1.82) is 0 Å². The molecule has 1 amide bonds. The van der Waals surface area contributed by atoms with E-state index in [4.69, 9.17) is 0 Å². The highest BCUT2D eigenvalue weighted by Gasteiger charge is 2.01. The minimum Gasteiger partial charge on any atom is -0.453 e. The maximum absolute atomic E-state index is 11.0. The van der Waals surface area contributed by atoms with E-state index < -0.39 is 6.09 Å². The number of ether oxygens (including phenoxy) is 1. The van der Waals surface area contributed by atoms with Gasteiger partial charge in [0, 0.05) is 6.54 Å². The third-order valence-electron chi connectivity index (χ3n) is 2.76. The van der Waals surface area contributed by atoms with Crippen LogP contribution in [0.25, 0.3) is 0 Å². The number of methoxy groups -OCH3 is 1. The summed E-state index contributed by atoms with van der Waals surface area (Å²) in [5, 5.41) is 5.78. The third kappa shape index (κ3) is 4.28. The molecule has 20 heavy (non-hydrogen) atoms. The molecule has 0 spiro atoms. The zero-order valence-electron chi connectivity index (χ0n) is 11.3. The van der Waals surface area contributed by atoms with Gasteiger partial charge in [0.2, 0.25) is 0 Å². The first-order chi connectivity index (χ1) is 9.78. The van der Waals surface area contributed by atoms with Gasteiger partial charge in [-0.25, -0.2) is 9.78 Å². The summed E-state index contributed by atoms with van der Waals surface area (Å²) in [6.45, 7) is 0.829. The molecule has 0 fully saturated rings. The molecule has 0 aliphatic rings. The first kappa shape index (κ1) is 13.9. The van der Waals surface area contributed by atoms with Gasteiger partial charge >= 0.3 is 6.09 Å². The first-order valence-corrected chi connectivity index (χ1v) is 6.37. The van der Waals surface area contributed by atoms with Crippen molar-refractivity contribution in [3.8, 4) is 0 Å². The van der Waals surface area contributed by atoms with Gasteiger partial charge in [-0.15, -0.1) is 0 Å². The van der Waals surface area contributed by atoms with Gasteiger partial charge < -0.3 is 10.1 Å². The Morgan fingerprint density at radius 2 is 2.00 bits per heavy atom. The summed E-state index contributed by atoms with van der Waals surface area (Å²) in [7, 11) is 1.31. The van der Waals surface area contributed by atoms with Crippen LogP contribution in [0.1, 0.15) is 5.56 Å². The number of amides is 1. The van der Waals surface area contributed by atoms with Gasteiger partial charge in [0.25, 0.3) is 0 Å². The summed E-state index contributed by atoms with van der Waals surface area (Å²) >= 11 is 0. The number of anilines is 2. The monoisotopic (exact) mass is 271 g/mol. The van der Waals surface area contributed by atoms with Crippen LogP contribution in [0.3, 0.4) is 0 Å². The van der Waals surface area contributed by atoms with Crippen molar-refractivity contribution in [2.75, 3.05) is 24.3 Å². The summed E-state index contributed by atoms with van der Waals surface area (Å²) in [5.41, 5.74) is 2.20. The van der Waals surface area contributed by atoms with Crippen molar-refractivity contribution in [2.24, 2.45) is 0 Å². The molecule has 2 N–H and O–H groups in total. The highest BCUT2D eigenvalue weighted by Crippen LogP contribution is 2.10. The van der Waals surface area contributed by atoms with Crippen LogP contribution >= 0.6 is 0 Å². The van der Waals surface area contributed by atoms with Crippen LogP contribution in [0.5, 0.6) is 0 Å². The van der Waals surface area contributed by atoms with Crippen LogP contribution in [0.15, 0.2) is 48.7 Å². The summed E-state index contributed by atoms with van der Waals surface area (Å²) in [4.78, 5) is 15.1. The zero-order valence-corrected chi connectivity index (χ0v) is 11.3. The van der Waals surface area contributed by atoms with Crippen LogP contribution in [-0.4, -0.2) is 24.7 Å². The lowest BCUT2D eigenvalue weighted by Crippen LogP contribution is -2.12. The number of nitrogens with one attached hydrogen (secondary N) is 2. The normalized spacial score (nSPS) is 9.85. The average Bonchev–Trinajstić information content (AvgIpc) is 2.50. The molecule has 0 radical (unpaired) electrons. The topological polar surface area (TPSA) is 63.2 Å². The molecule has 5 nitrogen and oxygen atoms in total. The minimum atomic E-state index is -0.526. The number of hydrogen-bond acceptors (Lipinski definition) is 4. The van der Waals surface area contributed by atoms with E-state index in [0.717, 1.165) is 18.7 Å². The molecule has 0 aliphatic carbocycles. The number of pyridine rings is 1. The lowest BCUT2D eigenvalue weighted by atomic mass is 10.1. The Morgan fingerprint density at radius 1 is 1.20 bits per heavy atom. The van der Waals surface area contributed by atoms with E-state index >= 15 is 0 Å². The number of benzene rings is 1. The van der Waals surface area contributed by atoms with Gasteiger partial charge in [0.15, 0.2) is 0 Å². The Bertz CT molecular complexity index is 541. The van der Waals surface area contributed by atoms with Gasteiger partial charge in [0.1, 0.15) is 5.82 Å². The van der Waals surface area contributed by atoms with E-state index in [1.807, 2.05) is 24.3 Å². The zero-order chi connectivity index (χ0) is 14.2. The van der Waals surface area contributed by atoms with E-state index in [0.29, 0.717) is 5.82 Å². The summed E-state index contributed by atoms with van der Waals surface area (Å²) in [6, 6.07) is 13.9. The molecule has 0 saturated carbocycles. The van der Waals surface area contributed by atoms with Gasteiger partial charge in [0.05, 0.1) is 19.0 Å². The second-order valence-electron chi connectivity index (χ2n) is 4.21. The first-order valence-electron chi connectivity index (χ1n) is 6.37. The van der Waals surface area contributed by atoms with Gasteiger partial charge in [-0.1, -0.05) is 30.3 Å². The number of hydrogen-bond donors (Lipinski definition) is 2. The maximum atomic E-state index is 11.0. The second kappa shape index (κ2) is 7.13.